The molecule has 81 valence electrons. The Morgan fingerprint density at radius 1 is 1.47 bits per heavy atom. The monoisotopic (exact) mass is 224 g/mol. The van der Waals surface area contributed by atoms with Crippen LogP contribution >= 0.6 is 11.6 Å². The maximum Gasteiger partial charge on any atom is 0.0594 e. The van der Waals surface area contributed by atoms with E-state index in [2.05, 4.69) is 11.0 Å². The van der Waals surface area contributed by atoms with Crippen LogP contribution in [0.5, 0.6) is 0 Å². The maximum atomic E-state index is 6.17. The van der Waals surface area contributed by atoms with Gasteiger partial charge in [-0.1, -0.05) is 11.6 Å². The molecule has 3 heteroatoms. The molecule has 0 saturated carbocycles. The summed E-state index contributed by atoms with van der Waals surface area (Å²) in [6.07, 6.45) is 0. The van der Waals surface area contributed by atoms with Crippen LogP contribution < -0.4 is 0 Å². The summed E-state index contributed by atoms with van der Waals surface area (Å²) in [6.45, 7) is 6.54. The highest BCUT2D eigenvalue weighted by Gasteiger charge is 2.12. The summed E-state index contributed by atoms with van der Waals surface area (Å²) in [5, 5.41) is 0.845. The topological polar surface area (TPSA) is 12.5 Å². The lowest BCUT2D eigenvalue weighted by atomic mass is 10.1. The molecule has 2 nitrogen and oxygen atoms in total. The van der Waals surface area contributed by atoms with Crippen molar-refractivity contribution in [2.75, 3.05) is 26.3 Å². The van der Waals surface area contributed by atoms with Gasteiger partial charge in [-0.25, -0.2) is 0 Å². The molecule has 2 rings (SSSR count). The molecule has 1 aromatic carbocycles. The van der Waals surface area contributed by atoms with Crippen molar-refractivity contribution in [2.45, 2.75) is 13.5 Å². The third kappa shape index (κ3) is 2.94. The van der Waals surface area contributed by atoms with Gasteiger partial charge in [-0.3, -0.25) is 4.90 Å². The number of rotatable bonds is 2. The molecule has 1 fully saturated rings. The zero-order valence-corrected chi connectivity index (χ0v) is 9.68. The molecular formula is C12H15ClNO. The average molecular weight is 225 g/mol. The van der Waals surface area contributed by atoms with Crippen molar-refractivity contribution in [3.05, 3.63) is 34.3 Å². The summed E-state index contributed by atoms with van der Waals surface area (Å²) in [6, 6.07) is 7.15. The number of halogens is 1. The van der Waals surface area contributed by atoms with Gasteiger partial charge in [0.05, 0.1) is 13.2 Å². The number of morpholine rings is 1. The summed E-state index contributed by atoms with van der Waals surface area (Å²) in [5.41, 5.74) is 2.25. The zero-order valence-electron chi connectivity index (χ0n) is 8.92. The SMILES string of the molecule is Cc1[c]cc(CN2CCOCC2)c(Cl)c1. The van der Waals surface area contributed by atoms with E-state index in [1.807, 2.05) is 19.1 Å². The number of aryl methyl sites for hydroxylation is 1. The maximum absolute atomic E-state index is 6.17. The Balaban J connectivity index is 2.03. The van der Waals surface area contributed by atoms with Crippen LogP contribution in [0.3, 0.4) is 0 Å². The Hall–Kier alpha value is -0.570. The average Bonchev–Trinajstić information content (AvgIpc) is 2.24. The molecule has 1 aliphatic rings. The molecule has 0 bridgehead atoms. The largest absolute Gasteiger partial charge is 0.379 e. The van der Waals surface area contributed by atoms with Crippen molar-refractivity contribution in [3.63, 3.8) is 0 Å². The first-order valence-electron chi connectivity index (χ1n) is 5.22. The van der Waals surface area contributed by atoms with E-state index in [0.717, 1.165) is 49.0 Å². The molecule has 0 atom stereocenters. The minimum atomic E-state index is 0.827. The number of hydrogen-bond donors (Lipinski definition) is 0. The van der Waals surface area contributed by atoms with Crippen molar-refractivity contribution >= 4 is 11.6 Å². The van der Waals surface area contributed by atoms with E-state index in [-0.39, 0.29) is 0 Å². The molecule has 0 aliphatic carbocycles. The Labute approximate surface area is 95.8 Å². The van der Waals surface area contributed by atoms with Crippen molar-refractivity contribution in [3.8, 4) is 0 Å². The van der Waals surface area contributed by atoms with Crippen LogP contribution in [-0.2, 0) is 11.3 Å². The summed E-state index contributed by atoms with van der Waals surface area (Å²) in [4.78, 5) is 2.36. The van der Waals surface area contributed by atoms with E-state index in [0.29, 0.717) is 0 Å². The second-order valence-corrected chi connectivity index (χ2v) is 4.28. The molecular weight excluding hydrogens is 210 g/mol. The third-order valence-corrected chi connectivity index (χ3v) is 2.97. The second kappa shape index (κ2) is 4.97. The predicted molar refractivity (Wildman–Crippen MR) is 61.1 cm³/mol. The lowest BCUT2D eigenvalue weighted by molar-refractivity contribution is 0.0342. The van der Waals surface area contributed by atoms with Gasteiger partial charge < -0.3 is 4.74 Å². The van der Waals surface area contributed by atoms with E-state index >= 15 is 0 Å². The highest BCUT2D eigenvalue weighted by Crippen LogP contribution is 2.19. The molecule has 0 spiro atoms. The number of benzene rings is 1. The first-order valence-corrected chi connectivity index (χ1v) is 5.60. The van der Waals surface area contributed by atoms with Crippen molar-refractivity contribution in [2.24, 2.45) is 0 Å². The lowest BCUT2D eigenvalue weighted by Crippen LogP contribution is -2.35. The Morgan fingerprint density at radius 3 is 2.87 bits per heavy atom. The number of hydrogen-bond acceptors (Lipinski definition) is 2. The van der Waals surface area contributed by atoms with Crippen LogP contribution in [0.1, 0.15) is 11.1 Å². The molecule has 1 aliphatic heterocycles. The fraction of sp³-hybridized carbons (Fsp3) is 0.500. The molecule has 0 amide bonds. The summed E-state index contributed by atoms with van der Waals surface area (Å²) in [5.74, 6) is 0. The second-order valence-electron chi connectivity index (χ2n) is 3.88. The minimum Gasteiger partial charge on any atom is -0.379 e. The molecule has 1 aromatic rings. The van der Waals surface area contributed by atoms with E-state index in [1.54, 1.807) is 0 Å². The van der Waals surface area contributed by atoms with Gasteiger partial charge in [-0.05, 0) is 36.2 Å². The van der Waals surface area contributed by atoms with Crippen LogP contribution in [0.2, 0.25) is 5.02 Å². The zero-order chi connectivity index (χ0) is 10.7. The fourth-order valence-corrected chi connectivity index (χ4v) is 1.99. The lowest BCUT2D eigenvalue weighted by Gasteiger charge is -2.26. The summed E-state index contributed by atoms with van der Waals surface area (Å²) < 4.78 is 5.30. The van der Waals surface area contributed by atoms with Gasteiger partial charge in [0.25, 0.3) is 0 Å². The van der Waals surface area contributed by atoms with Gasteiger partial charge in [0.1, 0.15) is 0 Å². The standard InChI is InChI=1S/C12H15ClNO/c1-10-2-3-11(12(13)8-10)9-14-4-6-15-7-5-14/h3,8H,4-7,9H2,1H3. The van der Waals surface area contributed by atoms with Crippen molar-refractivity contribution in [1.82, 2.24) is 4.90 Å². The Bertz CT molecular complexity index is 334. The molecule has 0 unspecified atom stereocenters. The van der Waals surface area contributed by atoms with E-state index in [1.165, 1.54) is 0 Å². The van der Waals surface area contributed by atoms with Crippen LogP contribution in [0, 0.1) is 13.0 Å². The molecule has 1 saturated heterocycles. The first kappa shape index (κ1) is 10.9. The Morgan fingerprint density at radius 2 is 2.20 bits per heavy atom. The number of nitrogens with zero attached hydrogens (tertiary/aromatic N) is 1. The molecule has 1 radical (unpaired) electrons. The third-order valence-electron chi connectivity index (χ3n) is 2.62. The van der Waals surface area contributed by atoms with Crippen LogP contribution in [0.4, 0.5) is 0 Å². The van der Waals surface area contributed by atoms with Crippen molar-refractivity contribution in [1.29, 1.82) is 0 Å². The minimum absolute atomic E-state index is 0.827. The molecule has 15 heavy (non-hydrogen) atoms. The van der Waals surface area contributed by atoms with Crippen LogP contribution in [0.25, 0.3) is 0 Å². The smallest absolute Gasteiger partial charge is 0.0594 e. The summed E-state index contributed by atoms with van der Waals surface area (Å²) in [7, 11) is 0. The van der Waals surface area contributed by atoms with E-state index in [9.17, 15) is 0 Å². The van der Waals surface area contributed by atoms with Crippen LogP contribution in [0.15, 0.2) is 12.1 Å². The van der Waals surface area contributed by atoms with Gasteiger partial charge in [0.15, 0.2) is 0 Å². The normalized spacial score (nSPS) is 18.0. The quantitative estimate of drug-likeness (QED) is 0.764. The van der Waals surface area contributed by atoms with Gasteiger partial charge in [-0.15, -0.1) is 0 Å². The van der Waals surface area contributed by atoms with E-state index in [4.69, 9.17) is 16.3 Å². The van der Waals surface area contributed by atoms with Gasteiger partial charge in [0.2, 0.25) is 0 Å². The fourth-order valence-electron chi connectivity index (χ4n) is 1.72. The molecule has 1 heterocycles. The van der Waals surface area contributed by atoms with E-state index < -0.39 is 0 Å². The number of ether oxygens (including phenoxy) is 1. The first-order chi connectivity index (χ1) is 7.25. The molecule has 0 aromatic heterocycles. The van der Waals surface area contributed by atoms with Crippen molar-refractivity contribution < 1.29 is 4.74 Å². The predicted octanol–water partition coefficient (Wildman–Crippen LogP) is 2.28. The van der Waals surface area contributed by atoms with Crippen LogP contribution in [-0.4, -0.2) is 31.2 Å². The summed E-state index contributed by atoms with van der Waals surface area (Å²) >= 11 is 6.17. The highest BCUT2D eigenvalue weighted by molar-refractivity contribution is 6.31. The van der Waals surface area contributed by atoms with Gasteiger partial charge in [-0.2, -0.15) is 0 Å². The van der Waals surface area contributed by atoms with Gasteiger partial charge >= 0.3 is 0 Å². The Kier molecular flexibility index (Phi) is 3.62. The molecule has 0 N–H and O–H groups in total. The van der Waals surface area contributed by atoms with Gasteiger partial charge in [0, 0.05) is 24.7 Å². The highest BCUT2D eigenvalue weighted by atomic mass is 35.5.